The van der Waals surface area contributed by atoms with Crippen LogP contribution < -0.4 is 10.6 Å². The molecule has 1 aliphatic rings. The summed E-state index contributed by atoms with van der Waals surface area (Å²) in [6, 6.07) is 10.6. The van der Waals surface area contributed by atoms with Crippen molar-refractivity contribution in [2.24, 2.45) is 10.9 Å². The summed E-state index contributed by atoms with van der Waals surface area (Å²) in [6.45, 7) is 5.57. The molecule has 0 aromatic heterocycles. The Morgan fingerprint density at radius 1 is 1.29 bits per heavy atom. The van der Waals surface area contributed by atoms with E-state index in [1.165, 1.54) is 10.5 Å². The second-order valence-corrected chi connectivity index (χ2v) is 7.29. The van der Waals surface area contributed by atoms with Gasteiger partial charge in [-0.3, -0.25) is 9.89 Å². The summed E-state index contributed by atoms with van der Waals surface area (Å²) in [6.07, 6.45) is -1.38. The van der Waals surface area contributed by atoms with E-state index in [0.29, 0.717) is 19.6 Å². The van der Waals surface area contributed by atoms with Gasteiger partial charge in [0.1, 0.15) is 0 Å². The molecule has 1 aromatic carbocycles. The molecule has 4 nitrogen and oxygen atoms in total. The number of aliphatic imine (C=N–C) groups is 1. The number of benzene rings is 1. The second kappa shape index (κ2) is 12.5. The minimum Gasteiger partial charge on any atom is -0.357 e. The van der Waals surface area contributed by atoms with Gasteiger partial charge in [0.25, 0.3) is 0 Å². The minimum absolute atomic E-state index is 0. The first-order chi connectivity index (χ1) is 12.9. The molecule has 0 radical (unpaired) electrons. The van der Waals surface area contributed by atoms with Crippen LogP contribution in [0.25, 0.3) is 0 Å². The van der Waals surface area contributed by atoms with E-state index in [-0.39, 0.29) is 35.9 Å². The fraction of sp³-hybridized carbons (Fsp3) is 0.650. The number of guanidine groups is 1. The summed E-state index contributed by atoms with van der Waals surface area (Å²) in [5.41, 5.74) is 1.31. The molecule has 0 aliphatic carbocycles. The van der Waals surface area contributed by atoms with E-state index in [0.717, 1.165) is 31.8 Å². The minimum atomic E-state index is -4.12. The lowest BCUT2D eigenvalue weighted by Gasteiger charge is -2.19. The molecule has 0 saturated carbocycles. The topological polar surface area (TPSA) is 39.7 Å². The predicted molar refractivity (Wildman–Crippen MR) is 119 cm³/mol. The zero-order chi connectivity index (χ0) is 19.7. The summed E-state index contributed by atoms with van der Waals surface area (Å²) < 4.78 is 37.5. The Morgan fingerprint density at radius 3 is 2.64 bits per heavy atom. The van der Waals surface area contributed by atoms with Crippen LogP contribution >= 0.6 is 24.0 Å². The van der Waals surface area contributed by atoms with Crippen molar-refractivity contribution in [3.63, 3.8) is 0 Å². The number of hydrogen-bond donors (Lipinski definition) is 2. The molecule has 1 heterocycles. The van der Waals surface area contributed by atoms with Crippen LogP contribution in [0.4, 0.5) is 13.2 Å². The van der Waals surface area contributed by atoms with Gasteiger partial charge in [-0.25, -0.2) is 0 Å². The van der Waals surface area contributed by atoms with Gasteiger partial charge in [0.15, 0.2) is 5.96 Å². The SMILES string of the molecule is CCNC(=NCC1CCN(CC(F)(F)F)C1)NC(C)CCc1ccccc1.I. The third-order valence-corrected chi connectivity index (χ3v) is 4.72. The highest BCUT2D eigenvalue weighted by Gasteiger charge is 2.34. The fourth-order valence-corrected chi connectivity index (χ4v) is 3.33. The Balaban J connectivity index is 0.00000392. The number of nitrogens with one attached hydrogen (secondary N) is 2. The Kier molecular flexibility index (Phi) is 11.2. The number of aryl methyl sites for hydroxylation is 1. The number of alkyl halides is 3. The van der Waals surface area contributed by atoms with Gasteiger partial charge in [-0.05, 0) is 51.1 Å². The molecule has 2 unspecified atom stereocenters. The molecule has 160 valence electrons. The summed E-state index contributed by atoms with van der Waals surface area (Å²) >= 11 is 0. The monoisotopic (exact) mass is 512 g/mol. The molecule has 0 spiro atoms. The normalized spacial score (nSPS) is 19.2. The number of hydrogen-bond acceptors (Lipinski definition) is 2. The van der Waals surface area contributed by atoms with E-state index in [1.54, 1.807) is 0 Å². The first-order valence-corrected chi connectivity index (χ1v) is 9.73. The first kappa shape index (κ1) is 25.0. The van der Waals surface area contributed by atoms with Gasteiger partial charge in [0.05, 0.1) is 6.54 Å². The molecule has 1 fully saturated rings. The molecular formula is C20H32F3IN4. The molecule has 1 aliphatic heterocycles. The van der Waals surface area contributed by atoms with Gasteiger partial charge in [0, 0.05) is 25.7 Å². The van der Waals surface area contributed by atoms with Crippen LogP contribution in [0.3, 0.4) is 0 Å². The third-order valence-electron chi connectivity index (χ3n) is 4.72. The van der Waals surface area contributed by atoms with Crippen molar-refractivity contribution in [2.75, 3.05) is 32.7 Å². The summed E-state index contributed by atoms with van der Waals surface area (Å²) in [7, 11) is 0. The van der Waals surface area contributed by atoms with E-state index in [9.17, 15) is 13.2 Å². The molecule has 1 aromatic rings. The van der Waals surface area contributed by atoms with E-state index >= 15 is 0 Å². The highest BCUT2D eigenvalue weighted by molar-refractivity contribution is 14.0. The van der Waals surface area contributed by atoms with Crippen molar-refractivity contribution >= 4 is 29.9 Å². The van der Waals surface area contributed by atoms with Crippen LogP contribution in [-0.2, 0) is 6.42 Å². The lowest BCUT2D eigenvalue weighted by atomic mass is 10.1. The zero-order valence-electron chi connectivity index (χ0n) is 16.6. The summed E-state index contributed by atoms with van der Waals surface area (Å²) in [5.74, 6) is 0.926. The first-order valence-electron chi connectivity index (χ1n) is 9.73. The van der Waals surface area contributed by atoms with Crippen molar-refractivity contribution < 1.29 is 13.2 Å². The van der Waals surface area contributed by atoms with Gasteiger partial charge >= 0.3 is 6.18 Å². The van der Waals surface area contributed by atoms with E-state index in [1.807, 2.05) is 25.1 Å². The van der Waals surface area contributed by atoms with Crippen LogP contribution in [0.1, 0.15) is 32.3 Å². The standard InChI is InChI=1S/C20H31F3N4.HI/c1-3-24-19(26-16(2)9-10-17-7-5-4-6-8-17)25-13-18-11-12-27(14-18)15-20(21,22)23;/h4-8,16,18H,3,9-15H2,1-2H3,(H2,24,25,26);1H. The molecular weight excluding hydrogens is 480 g/mol. The lowest BCUT2D eigenvalue weighted by molar-refractivity contribution is -0.143. The maximum Gasteiger partial charge on any atom is 0.401 e. The Labute approximate surface area is 183 Å². The zero-order valence-corrected chi connectivity index (χ0v) is 19.0. The highest BCUT2D eigenvalue weighted by Crippen LogP contribution is 2.22. The molecule has 2 rings (SSSR count). The molecule has 2 atom stereocenters. The quantitative estimate of drug-likeness (QED) is 0.314. The van der Waals surface area contributed by atoms with Crippen molar-refractivity contribution in [2.45, 2.75) is 45.3 Å². The average molecular weight is 512 g/mol. The number of halogens is 4. The lowest BCUT2D eigenvalue weighted by Crippen LogP contribution is -2.42. The Hall–Kier alpha value is -1.03. The summed E-state index contributed by atoms with van der Waals surface area (Å²) in [5, 5.41) is 6.64. The van der Waals surface area contributed by atoms with Gasteiger partial charge in [-0.15, -0.1) is 24.0 Å². The van der Waals surface area contributed by atoms with Gasteiger partial charge in [0.2, 0.25) is 0 Å². The van der Waals surface area contributed by atoms with E-state index < -0.39 is 12.7 Å². The maximum absolute atomic E-state index is 12.5. The Morgan fingerprint density at radius 2 is 2.00 bits per heavy atom. The van der Waals surface area contributed by atoms with Crippen LogP contribution in [0.15, 0.2) is 35.3 Å². The molecule has 0 bridgehead atoms. The third kappa shape index (κ3) is 9.95. The largest absolute Gasteiger partial charge is 0.401 e. The van der Waals surface area contributed by atoms with Crippen molar-refractivity contribution in [1.82, 2.24) is 15.5 Å². The second-order valence-electron chi connectivity index (χ2n) is 7.29. The van der Waals surface area contributed by atoms with Gasteiger partial charge in [-0.2, -0.15) is 13.2 Å². The van der Waals surface area contributed by atoms with Crippen LogP contribution in [0.5, 0.6) is 0 Å². The van der Waals surface area contributed by atoms with Gasteiger partial charge < -0.3 is 10.6 Å². The predicted octanol–water partition coefficient (Wildman–Crippen LogP) is 4.07. The number of likely N-dealkylation sites (tertiary alicyclic amines) is 1. The fourth-order valence-electron chi connectivity index (χ4n) is 3.33. The Bertz CT molecular complexity index is 581. The van der Waals surface area contributed by atoms with E-state index in [2.05, 4.69) is 34.7 Å². The molecule has 0 amide bonds. The van der Waals surface area contributed by atoms with Crippen LogP contribution in [0, 0.1) is 5.92 Å². The number of nitrogens with zero attached hydrogens (tertiary/aromatic N) is 2. The molecule has 28 heavy (non-hydrogen) atoms. The molecule has 8 heteroatoms. The smallest absolute Gasteiger partial charge is 0.357 e. The maximum atomic E-state index is 12.5. The summed E-state index contributed by atoms with van der Waals surface area (Å²) in [4.78, 5) is 6.08. The molecule has 2 N–H and O–H groups in total. The highest BCUT2D eigenvalue weighted by atomic mass is 127. The number of rotatable bonds is 8. The van der Waals surface area contributed by atoms with Crippen molar-refractivity contribution in [3.8, 4) is 0 Å². The van der Waals surface area contributed by atoms with Gasteiger partial charge in [-0.1, -0.05) is 30.3 Å². The van der Waals surface area contributed by atoms with Crippen LogP contribution in [-0.4, -0.2) is 55.8 Å². The van der Waals surface area contributed by atoms with Crippen LogP contribution in [0.2, 0.25) is 0 Å². The molecule has 1 saturated heterocycles. The van der Waals surface area contributed by atoms with Crippen molar-refractivity contribution in [1.29, 1.82) is 0 Å². The van der Waals surface area contributed by atoms with E-state index in [4.69, 9.17) is 0 Å². The van der Waals surface area contributed by atoms with Crippen molar-refractivity contribution in [3.05, 3.63) is 35.9 Å². The average Bonchev–Trinajstić information content (AvgIpc) is 3.04.